The van der Waals surface area contributed by atoms with Crippen molar-refractivity contribution in [2.45, 2.75) is 12.2 Å². The van der Waals surface area contributed by atoms with Crippen LogP contribution in [0.5, 0.6) is 0 Å². The average Bonchev–Trinajstić information content (AvgIpc) is 2.87. The first-order valence-corrected chi connectivity index (χ1v) is 13.9. The van der Waals surface area contributed by atoms with Gasteiger partial charge in [0, 0.05) is 12.3 Å². The molecule has 2 nitrogen and oxygen atoms in total. The van der Waals surface area contributed by atoms with Crippen molar-refractivity contribution in [3.63, 3.8) is 0 Å². The van der Waals surface area contributed by atoms with Crippen molar-refractivity contribution in [1.29, 1.82) is 0 Å². The van der Waals surface area contributed by atoms with E-state index in [1.807, 2.05) is 72.8 Å². The average molecular weight is 458 g/mol. The smallest absolute Gasteiger partial charge is 0.0847 e. The van der Waals surface area contributed by atoms with Gasteiger partial charge in [-0.1, -0.05) is 121 Å². The third kappa shape index (κ3) is 5.91. The second-order valence-electron chi connectivity index (χ2n) is 7.70. The molecule has 0 saturated carbocycles. The van der Waals surface area contributed by atoms with E-state index in [0.29, 0.717) is 12.3 Å². The van der Waals surface area contributed by atoms with Crippen molar-refractivity contribution in [1.82, 2.24) is 0 Å². The molecule has 0 aliphatic heterocycles. The minimum Gasteiger partial charge on any atom is -0.390 e. The molecule has 0 fully saturated rings. The maximum Gasteiger partial charge on any atom is 0.0847 e. The van der Waals surface area contributed by atoms with Crippen LogP contribution >= 0.6 is 15.8 Å². The van der Waals surface area contributed by atoms with E-state index in [4.69, 9.17) is 0 Å². The molecule has 2 unspecified atom stereocenters. The van der Waals surface area contributed by atoms with E-state index in [1.165, 1.54) is 21.2 Å². The Morgan fingerprint density at radius 3 is 0.844 bits per heavy atom. The van der Waals surface area contributed by atoms with Crippen molar-refractivity contribution in [3.05, 3.63) is 121 Å². The quantitative estimate of drug-likeness (QED) is 0.373. The summed E-state index contributed by atoms with van der Waals surface area (Å²) < 4.78 is 0. The molecule has 0 spiro atoms. The van der Waals surface area contributed by atoms with E-state index in [-0.39, 0.29) is 0 Å². The van der Waals surface area contributed by atoms with E-state index < -0.39 is 28.1 Å². The lowest BCUT2D eigenvalue weighted by Gasteiger charge is -2.28. The number of aliphatic hydroxyl groups excluding tert-OH is 2. The van der Waals surface area contributed by atoms with Crippen LogP contribution in [0, 0.1) is 0 Å². The van der Waals surface area contributed by atoms with Gasteiger partial charge in [0.2, 0.25) is 0 Å². The molecule has 0 radical (unpaired) electrons. The molecule has 0 heterocycles. The summed E-state index contributed by atoms with van der Waals surface area (Å²) in [7, 11) is -1.52. The standard InChI is InChI=1S/C28H28O2P2/c29-27(21-31(23-13-5-1-6-14-23)24-15-7-2-8-16-24)28(30)22-32(25-17-9-3-10-18-25)26-19-11-4-12-20-26/h1-20,27-30H,21-22H2. The Kier molecular flexibility index (Phi) is 8.21. The zero-order chi connectivity index (χ0) is 22.2. The molecule has 4 aromatic carbocycles. The van der Waals surface area contributed by atoms with Gasteiger partial charge in [-0.05, 0) is 37.1 Å². The van der Waals surface area contributed by atoms with Gasteiger partial charge in [-0.3, -0.25) is 0 Å². The van der Waals surface area contributed by atoms with Crippen molar-refractivity contribution in [2.24, 2.45) is 0 Å². The van der Waals surface area contributed by atoms with Gasteiger partial charge < -0.3 is 10.2 Å². The minimum atomic E-state index is -0.793. The Morgan fingerprint density at radius 1 is 0.406 bits per heavy atom. The topological polar surface area (TPSA) is 40.5 Å². The summed E-state index contributed by atoms with van der Waals surface area (Å²) in [4.78, 5) is 0. The molecule has 0 saturated heterocycles. The van der Waals surface area contributed by atoms with Crippen LogP contribution in [0.1, 0.15) is 0 Å². The van der Waals surface area contributed by atoms with E-state index in [0.717, 1.165) is 0 Å². The molecular weight excluding hydrogens is 430 g/mol. The van der Waals surface area contributed by atoms with Crippen LogP contribution in [0.25, 0.3) is 0 Å². The van der Waals surface area contributed by atoms with Gasteiger partial charge in [0.1, 0.15) is 0 Å². The van der Waals surface area contributed by atoms with Crippen LogP contribution in [0.15, 0.2) is 121 Å². The van der Waals surface area contributed by atoms with Gasteiger partial charge in [-0.15, -0.1) is 0 Å². The highest BCUT2D eigenvalue weighted by molar-refractivity contribution is 7.73. The lowest BCUT2D eigenvalue weighted by Crippen LogP contribution is -2.35. The van der Waals surface area contributed by atoms with E-state index in [9.17, 15) is 10.2 Å². The first kappa shape index (κ1) is 22.8. The third-order valence-electron chi connectivity index (χ3n) is 5.45. The second kappa shape index (κ2) is 11.5. The van der Waals surface area contributed by atoms with Crippen LogP contribution in [0.2, 0.25) is 0 Å². The van der Waals surface area contributed by atoms with Crippen LogP contribution in [0.3, 0.4) is 0 Å². The van der Waals surface area contributed by atoms with Crippen molar-refractivity contribution in [2.75, 3.05) is 12.3 Å². The zero-order valence-corrected chi connectivity index (χ0v) is 19.7. The molecule has 4 rings (SSSR count). The van der Waals surface area contributed by atoms with Gasteiger partial charge in [0.25, 0.3) is 0 Å². The lowest BCUT2D eigenvalue weighted by atomic mass is 10.3. The number of aliphatic hydroxyl groups is 2. The Balaban J connectivity index is 1.55. The van der Waals surface area contributed by atoms with E-state index in [1.54, 1.807) is 0 Å². The largest absolute Gasteiger partial charge is 0.390 e. The van der Waals surface area contributed by atoms with Gasteiger partial charge in [-0.25, -0.2) is 0 Å². The molecule has 4 aromatic rings. The molecule has 4 heteroatoms. The second-order valence-corrected chi connectivity index (χ2v) is 12.2. The molecule has 0 aliphatic rings. The Morgan fingerprint density at radius 2 is 0.625 bits per heavy atom. The summed E-state index contributed by atoms with van der Waals surface area (Å²) >= 11 is 0. The highest BCUT2D eigenvalue weighted by Gasteiger charge is 2.27. The molecule has 162 valence electrons. The fourth-order valence-electron chi connectivity index (χ4n) is 3.77. The zero-order valence-electron chi connectivity index (χ0n) is 17.9. The summed E-state index contributed by atoms with van der Waals surface area (Å²) in [6.07, 6.45) is -0.507. The third-order valence-corrected chi connectivity index (χ3v) is 10.6. The fourth-order valence-corrected chi connectivity index (χ4v) is 8.57. The predicted octanol–water partition coefficient (Wildman–Crippen LogP) is 3.97. The van der Waals surface area contributed by atoms with Crippen molar-refractivity contribution < 1.29 is 10.2 Å². The number of hydrogen-bond donors (Lipinski definition) is 2. The first-order chi connectivity index (χ1) is 15.7. The molecule has 0 aliphatic carbocycles. The summed E-state index contributed by atoms with van der Waals surface area (Å²) in [6, 6.07) is 41.4. The summed E-state index contributed by atoms with van der Waals surface area (Å²) in [5.74, 6) is 0. The highest BCUT2D eigenvalue weighted by atomic mass is 31.1. The number of rotatable bonds is 9. The number of hydrogen-bond acceptors (Lipinski definition) is 2. The number of benzene rings is 4. The SMILES string of the molecule is OC(CP(c1ccccc1)c1ccccc1)C(O)CP(c1ccccc1)c1ccccc1. The van der Waals surface area contributed by atoms with Gasteiger partial charge in [0.05, 0.1) is 12.2 Å². The Labute approximate surface area is 193 Å². The molecule has 0 bridgehead atoms. The normalized spacial score (nSPS) is 13.2. The highest BCUT2D eigenvalue weighted by Crippen LogP contribution is 2.38. The van der Waals surface area contributed by atoms with E-state index in [2.05, 4.69) is 48.5 Å². The monoisotopic (exact) mass is 458 g/mol. The molecule has 32 heavy (non-hydrogen) atoms. The fraction of sp³-hybridized carbons (Fsp3) is 0.143. The summed E-state index contributed by atoms with van der Waals surface area (Å²) in [6.45, 7) is 0. The minimum absolute atomic E-state index is 0.539. The van der Waals surface area contributed by atoms with Gasteiger partial charge in [-0.2, -0.15) is 0 Å². The molecule has 0 amide bonds. The maximum atomic E-state index is 11.1. The van der Waals surface area contributed by atoms with Crippen molar-refractivity contribution >= 4 is 37.1 Å². The van der Waals surface area contributed by atoms with Crippen LogP contribution in [-0.2, 0) is 0 Å². The first-order valence-electron chi connectivity index (χ1n) is 10.8. The Bertz CT molecular complexity index is 892. The van der Waals surface area contributed by atoms with Crippen LogP contribution < -0.4 is 21.2 Å². The molecule has 2 atom stereocenters. The Hall–Kier alpha value is -2.34. The molecule has 2 N–H and O–H groups in total. The van der Waals surface area contributed by atoms with Crippen molar-refractivity contribution in [3.8, 4) is 0 Å². The molecule has 0 aromatic heterocycles. The maximum absolute atomic E-state index is 11.1. The lowest BCUT2D eigenvalue weighted by molar-refractivity contribution is 0.0490. The van der Waals surface area contributed by atoms with Crippen LogP contribution in [-0.4, -0.2) is 34.7 Å². The van der Waals surface area contributed by atoms with Gasteiger partial charge >= 0.3 is 0 Å². The van der Waals surface area contributed by atoms with Crippen LogP contribution in [0.4, 0.5) is 0 Å². The predicted molar refractivity (Wildman–Crippen MR) is 140 cm³/mol. The summed E-state index contributed by atoms with van der Waals surface area (Å²) in [5.41, 5.74) is 0. The summed E-state index contributed by atoms with van der Waals surface area (Å²) in [5, 5.41) is 27.1. The molecular formula is C28H28O2P2. The van der Waals surface area contributed by atoms with E-state index >= 15 is 0 Å². The van der Waals surface area contributed by atoms with Gasteiger partial charge in [0.15, 0.2) is 0 Å².